The lowest BCUT2D eigenvalue weighted by atomic mass is 10.1. The molecule has 9 heteroatoms. The number of rotatable bonds is 9. The summed E-state index contributed by atoms with van der Waals surface area (Å²) in [5.74, 6) is 0.552. The number of thioether (sulfide) groups is 1. The van der Waals surface area contributed by atoms with Gasteiger partial charge in [-0.25, -0.2) is 5.43 Å². The molecule has 4 aromatic rings. The summed E-state index contributed by atoms with van der Waals surface area (Å²) < 4.78 is 1.90. The Kier molecular flexibility index (Phi) is 7.46. The second-order valence-electron chi connectivity index (χ2n) is 7.14. The lowest BCUT2D eigenvalue weighted by Gasteiger charge is -2.10. The third-order valence-electron chi connectivity index (χ3n) is 4.83. The molecule has 2 aromatic carbocycles. The molecule has 0 aliphatic heterocycles. The SMILES string of the molecule is C=CCc1cccc(/C=N/NC(=O)CSc2nnc(-c3ccncc3)n2-c2ccccc2)c1O. The van der Waals surface area contributed by atoms with E-state index in [1.165, 1.54) is 18.0 Å². The van der Waals surface area contributed by atoms with Crippen LogP contribution < -0.4 is 5.43 Å². The number of amides is 1. The van der Waals surface area contributed by atoms with Gasteiger partial charge in [0.2, 0.25) is 0 Å². The molecule has 1 amide bonds. The molecule has 0 radical (unpaired) electrons. The van der Waals surface area contributed by atoms with Crippen molar-refractivity contribution in [2.24, 2.45) is 5.10 Å². The van der Waals surface area contributed by atoms with Crippen molar-refractivity contribution in [1.82, 2.24) is 25.2 Å². The number of hydrogen-bond donors (Lipinski definition) is 2. The van der Waals surface area contributed by atoms with Crippen LogP contribution in [-0.4, -0.2) is 42.7 Å². The average molecular weight is 471 g/mol. The predicted octanol–water partition coefficient (Wildman–Crippen LogP) is 4.01. The van der Waals surface area contributed by atoms with Gasteiger partial charge in [0.15, 0.2) is 11.0 Å². The lowest BCUT2D eigenvalue weighted by molar-refractivity contribution is -0.118. The zero-order valence-corrected chi connectivity index (χ0v) is 19.0. The van der Waals surface area contributed by atoms with E-state index in [1.807, 2.05) is 59.2 Å². The topological polar surface area (TPSA) is 105 Å². The van der Waals surface area contributed by atoms with Crippen LogP contribution in [0.15, 0.2) is 96.0 Å². The van der Waals surface area contributed by atoms with Crippen molar-refractivity contribution < 1.29 is 9.90 Å². The van der Waals surface area contributed by atoms with Crippen LogP contribution in [0.2, 0.25) is 0 Å². The van der Waals surface area contributed by atoms with Crippen molar-refractivity contribution >= 4 is 23.9 Å². The number of nitrogens with zero attached hydrogens (tertiary/aromatic N) is 5. The van der Waals surface area contributed by atoms with E-state index < -0.39 is 0 Å². The van der Waals surface area contributed by atoms with Gasteiger partial charge in [0, 0.05) is 29.2 Å². The Morgan fingerprint density at radius 3 is 2.65 bits per heavy atom. The van der Waals surface area contributed by atoms with Crippen LogP contribution in [0.25, 0.3) is 17.1 Å². The minimum atomic E-state index is -0.309. The van der Waals surface area contributed by atoms with Gasteiger partial charge in [0.1, 0.15) is 5.75 Å². The zero-order chi connectivity index (χ0) is 23.8. The second-order valence-corrected chi connectivity index (χ2v) is 8.09. The quantitative estimate of drug-likeness (QED) is 0.166. The van der Waals surface area contributed by atoms with Gasteiger partial charge in [-0.1, -0.05) is 48.2 Å². The minimum absolute atomic E-state index is 0.0845. The van der Waals surface area contributed by atoms with Gasteiger partial charge >= 0.3 is 0 Å². The van der Waals surface area contributed by atoms with Crippen LogP contribution in [-0.2, 0) is 11.2 Å². The third kappa shape index (κ3) is 5.38. The Morgan fingerprint density at radius 1 is 1.09 bits per heavy atom. The number of phenolic OH excluding ortho intramolecular Hbond substituents is 1. The molecule has 0 unspecified atom stereocenters. The van der Waals surface area contributed by atoms with E-state index >= 15 is 0 Å². The van der Waals surface area contributed by atoms with E-state index in [1.54, 1.807) is 24.5 Å². The van der Waals surface area contributed by atoms with Crippen molar-refractivity contribution in [3.63, 3.8) is 0 Å². The molecule has 2 heterocycles. The highest BCUT2D eigenvalue weighted by Crippen LogP contribution is 2.27. The Bertz CT molecular complexity index is 1310. The number of phenols is 1. The first-order valence-electron chi connectivity index (χ1n) is 10.4. The van der Waals surface area contributed by atoms with E-state index in [-0.39, 0.29) is 17.4 Å². The van der Waals surface area contributed by atoms with Crippen LogP contribution in [0.5, 0.6) is 5.75 Å². The second kappa shape index (κ2) is 11.1. The molecule has 0 aliphatic carbocycles. The molecule has 8 nitrogen and oxygen atoms in total. The first kappa shape index (κ1) is 22.9. The summed E-state index contributed by atoms with van der Waals surface area (Å²) in [5, 5.41) is 23.5. The first-order chi connectivity index (χ1) is 16.7. The Morgan fingerprint density at radius 2 is 1.88 bits per heavy atom. The largest absolute Gasteiger partial charge is 0.507 e. The summed E-state index contributed by atoms with van der Waals surface area (Å²) in [6.07, 6.45) is 7.06. The number of carbonyl (C=O) groups is 1. The van der Waals surface area contributed by atoms with Gasteiger partial charge in [-0.3, -0.25) is 14.3 Å². The molecule has 0 fully saturated rings. The molecule has 0 atom stereocenters. The number of aromatic hydroxyl groups is 1. The molecule has 0 saturated carbocycles. The van der Waals surface area contributed by atoms with E-state index in [2.05, 4.69) is 32.3 Å². The highest BCUT2D eigenvalue weighted by Gasteiger charge is 2.17. The number of hydrogen-bond acceptors (Lipinski definition) is 7. The summed E-state index contributed by atoms with van der Waals surface area (Å²) >= 11 is 1.25. The van der Waals surface area contributed by atoms with Crippen LogP contribution in [0, 0.1) is 0 Å². The lowest BCUT2D eigenvalue weighted by Crippen LogP contribution is -2.20. The average Bonchev–Trinajstić information content (AvgIpc) is 3.30. The number of allylic oxidation sites excluding steroid dienone is 1. The maximum atomic E-state index is 12.4. The zero-order valence-electron chi connectivity index (χ0n) is 18.2. The molecular weight excluding hydrogens is 448 g/mol. The number of pyridine rings is 1. The molecule has 0 aliphatic rings. The Labute approximate surface area is 201 Å². The van der Waals surface area contributed by atoms with Gasteiger partial charge in [-0.15, -0.1) is 16.8 Å². The molecule has 4 rings (SSSR count). The van der Waals surface area contributed by atoms with Gasteiger partial charge in [-0.05, 0) is 42.3 Å². The summed E-state index contributed by atoms with van der Waals surface area (Å²) in [7, 11) is 0. The number of hydrazone groups is 1. The smallest absolute Gasteiger partial charge is 0.250 e. The van der Waals surface area contributed by atoms with E-state index in [0.717, 1.165) is 16.8 Å². The van der Waals surface area contributed by atoms with Crippen molar-refractivity contribution in [3.05, 3.63) is 96.8 Å². The maximum Gasteiger partial charge on any atom is 0.250 e. The van der Waals surface area contributed by atoms with E-state index in [9.17, 15) is 9.90 Å². The first-order valence-corrected chi connectivity index (χ1v) is 11.4. The number of nitrogens with one attached hydrogen (secondary N) is 1. The summed E-state index contributed by atoms with van der Waals surface area (Å²) in [5.41, 5.74) is 5.50. The summed E-state index contributed by atoms with van der Waals surface area (Å²) in [4.78, 5) is 16.5. The summed E-state index contributed by atoms with van der Waals surface area (Å²) in [6.45, 7) is 3.68. The van der Waals surface area contributed by atoms with Crippen molar-refractivity contribution in [3.8, 4) is 22.8 Å². The molecule has 2 aromatic heterocycles. The van der Waals surface area contributed by atoms with Crippen molar-refractivity contribution in [1.29, 1.82) is 0 Å². The number of para-hydroxylation sites is 2. The fourth-order valence-corrected chi connectivity index (χ4v) is 3.98. The van der Waals surface area contributed by atoms with E-state index in [4.69, 9.17) is 0 Å². The van der Waals surface area contributed by atoms with Gasteiger partial charge in [-0.2, -0.15) is 5.10 Å². The third-order valence-corrected chi connectivity index (χ3v) is 5.76. The molecule has 0 bridgehead atoms. The van der Waals surface area contributed by atoms with Gasteiger partial charge in [0.05, 0.1) is 12.0 Å². The van der Waals surface area contributed by atoms with Crippen molar-refractivity contribution in [2.75, 3.05) is 5.75 Å². The van der Waals surface area contributed by atoms with Gasteiger partial charge in [0.25, 0.3) is 5.91 Å². The monoisotopic (exact) mass is 470 g/mol. The summed E-state index contributed by atoms with van der Waals surface area (Å²) in [6, 6.07) is 18.8. The standard InChI is InChI=1S/C25H22N6O2S/c1-2-7-18-8-6-9-20(23(18)33)16-27-28-22(32)17-34-25-30-29-24(19-12-14-26-15-13-19)31(25)21-10-4-3-5-11-21/h2-6,8-16,33H,1,7,17H2,(H,28,32)/b27-16+. The number of benzene rings is 2. The van der Waals surface area contributed by atoms with Crippen LogP contribution in [0.4, 0.5) is 0 Å². The fourth-order valence-electron chi connectivity index (χ4n) is 3.23. The molecule has 2 N–H and O–H groups in total. The molecular formula is C25H22N6O2S. The Hall–Kier alpha value is -4.24. The van der Waals surface area contributed by atoms with Gasteiger partial charge < -0.3 is 5.11 Å². The van der Waals surface area contributed by atoms with E-state index in [0.29, 0.717) is 23.0 Å². The fraction of sp³-hybridized carbons (Fsp3) is 0.0800. The van der Waals surface area contributed by atoms with Crippen LogP contribution >= 0.6 is 11.8 Å². The number of carbonyl (C=O) groups excluding carboxylic acids is 1. The highest BCUT2D eigenvalue weighted by molar-refractivity contribution is 7.99. The van der Waals surface area contributed by atoms with Crippen LogP contribution in [0.1, 0.15) is 11.1 Å². The number of aromatic nitrogens is 4. The molecule has 34 heavy (non-hydrogen) atoms. The molecule has 0 saturated heterocycles. The maximum absolute atomic E-state index is 12.4. The Balaban J connectivity index is 1.46. The van der Waals surface area contributed by atoms with Crippen molar-refractivity contribution in [2.45, 2.75) is 11.6 Å². The highest BCUT2D eigenvalue weighted by atomic mass is 32.2. The molecule has 0 spiro atoms. The minimum Gasteiger partial charge on any atom is -0.507 e. The van der Waals surface area contributed by atoms with Crippen LogP contribution in [0.3, 0.4) is 0 Å². The normalized spacial score (nSPS) is 10.9. The molecule has 170 valence electrons. The predicted molar refractivity (Wildman–Crippen MR) is 133 cm³/mol.